The van der Waals surface area contributed by atoms with Gasteiger partial charge in [-0.1, -0.05) is 13.8 Å². The van der Waals surface area contributed by atoms with Gasteiger partial charge in [0.25, 0.3) is 0 Å². The van der Waals surface area contributed by atoms with Gasteiger partial charge in [-0.05, 0) is 24.7 Å². The summed E-state index contributed by atoms with van der Waals surface area (Å²) in [6.07, 6.45) is -0.599. The van der Waals surface area contributed by atoms with Crippen LogP contribution in [0.5, 0.6) is 0 Å². The Bertz CT molecular complexity index is 401. The Morgan fingerprint density at radius 1 is 1.33 bits per heavy atom. The van der Waals surface area contributed by atoms with Crippen molar-refractivity contribution in [3.05, 3.63) is 18.0 Å². The number of alkyl halides is 3. The summed E-state index contributed by atoms with van der Waals surface area (Å²) in [7, 11) is 0. The highest BCUT2D eigenvalue weighted by atomic mass is 19.4. The Hall–Kier alpha value is -1.04. The van der Waals surface area contributed by atoms with Crippen LogP contribution in [0.25, 0.3) is 0 Å². The van der Waals surface area contributed by atoms with Crippen LogP contribution < -0.4 is 5.73 Å². The number of rotatable bonds is 1. The van der Waals surface area contributed by atoms with Crippen molar-refractivity contribution in [3.63, 3.8) is 0 Å². The van der Waals surface area contributed by atoms with Crippen LogP contribution in [-0.4, -0.2) is 15.8 Å². The molecule has 102 valence electrons. The van der Waals surface area contributed by atoms with Crippen LogP contribution >= 0.6 is 0 Å². The molecule has 3 nitrogen and oxygen atoms in total. The first-order valence-electron chi connectivity index (χ1n) is 6.16. The smallest absolute Gasteiger partial charge is 0.326 e. The van der Waals surface area contributed by atoms with Gasteiger partial charge in [-0.2, -0.15) is 18.3 Å². The maximum Gasteiger partial charge on any atom is 0.419 e. The van der Waals surface area contributed by atoms with Crippen molar-refractivity contribution in [2.45, 2.75) is 44.9 Å². The maximum atomic E-state index is 12.5. The van der Waals surface area contributed by atoms with Crippen LogP contribution in [0.4, 0.5) is 13.2 Å². The van der Waals surface area contributed by atoms with Crippen molar-refractivity contribution in [3.8, 4) is 0 Å². The SMILES string of the molecule is CC1CC(C)C(n2cc(C(F)(F)F)cn2)C(N)C1. The van der Waals surface area contributed by atoms with Crippen LogP contribution in [0, 0.1) is 11.8 Å². The largest absolute Gasteiger partial charge is 0.419 e. The van der Waals surface area contributed by atoms with E-state index in [9.17, 15) is 13.2 Å². The van der Waals surface area contributed by atoms with Gasteiger partial charge in [-0.15, -0.1) is 0 Å². The quantitative estimate of drug-likeness (QED) is 0.844. The fraction of sp³-hybridized carbons (Fsp3) is 0.750. The van der Waals surface area contributed by atoms with Crippen LogP contribution in [0.15, 0.2) is 12.4 Å². The third-order valence-corrected chi connectivity index (χ3v) is 3.70. The fourth-order valence-corrected chi connectivity index (χ4v) is 3.00. The highest BCUT2D eigenvalue weighted by molar-refractivity contribution is 5.09. The van der Waals surface area contributed by atoms with Crippen molar-refractivity contribution >= 4 is 0 Å². The molecule has 1 saturated carbocycles. The lowest BCUT2D eigenvalue weighted by atomic mass is 9.77. The van der Waals surface area contributed by atoms with Crippen molar-refractivity contribution in [1.29, 1.82) is 0 Å². The van der Waals surface area contributed by atoms with E-state index in [1.165, 1.54) is 4.68 Å². The van der Waals surface area contributed by atoms with Crippen LogP contribution in [0.1, 0.15) is 38.3 Å². The molecule has 0 spiro atoms. The summed E-state index contributed by atoms with van der Waals surface area (Å²) in [6, 6.07) is -0.276. The highest BCUT2D eigenvalue weighted by Crippen LogP contribution is 2.37. The molecular weight excluding hydrogens is 243 g/mol. The van der Waals surface area contributed by atoms with Crippen LogP contribution in [-0.2, 0) is 6.18 Å². The van der Waals surface area contributed by atoms with E-state index in [4.69, 9.17) is 5.73 Å². The van der Waals surface area contributed by atoms with Crippen molar-refractivity contribution in [2.75, 3.05) is 0 Å². The minimum atomic E-state index is -4.34. The lowest BCUT2D eigenvalue weighted by molar-refractivity contribution is -0.137. The zero-order chi connectivity index (χ0) is 13.5. The normalized spacial score (nSPS) is 33.7. The van der Waals surface area contributed by atoms with E-state index in [1.54, 1.807) is 0 Å². The van der Waals surface area contributed by atoms with Crippen molar-refractivity contribution < 1.29 is 13.2 Å². The standard InChI is InChI=1S/C12H18F3N3/c1-7-3-8(2)11(10(16)4-7)18-6-9(5-17-18)12(13,14)15/h5-8,10-11H,3-4,16H2,1-2H3. The highest BCUT2D eigenvalue weighted by Gasteiger charge is 2.37. The Morgan fingerprint density at radius 3 is 2.50 bits per heavy atom. The monoisotopic (exact) mass is 261 g/mol. The molecule has 1 aliphatic carbocycles. The Labute approximate surface area is 104 Å². The minimum Gasteiger partial charge on any atom is -0.326 e. The molecular formula is C12H18F3N3. The van der Waals surface area contributed by atoms with Gasteiger partial charge in [0.05, 0.1) is 17.8 Å². The zero-order valence-corrected chi connectivity index (χ0v) is 10.5. The summed E-state index contributed by atoms with van der Waals surface area (Å²) in [5, 5.41) is 3.85. The predicted octanol–water partition coefficient (Wildman–Crippen LogP) is 2.84. The predicted molar refractivity (Wildman–Crippen MR) is 61.8 cm³/mol. The molecule has 2 N–H and O–H groups in total. The molecule has 0 amide bonds. The van der Waals surface area contributed by atoms with Gasteiger partial charge in [0.1, 0.15) is 0 Å². The molecule has 0 bridgehead atoms. The van der Waals surface area contributed by atoms with E-state index in [0.29, 0.717) is 5.92 Å². The summed E-state index contributed by atoms with van der Waals surface area (Å²) in [6.45, 7) is 4.14. The molecule has 4 unspecified atom stereocenters. The maximum absolute atomic E-state index is 12.5. The van der Waals surface area contributed by atoms with Gasteiger partial charge in [0, 0.05) is 12.2 Å². The molecule has 1 aliphatic rings. The summed E-state index contributed by atoms with van der Waals surface area (Å²) < 4.78 is 39.0. The first kappa shape index (κ1) is 13.4. The lowest BCUT2D eigenvalue weighted by Crippen LogP contribution is -2.42. The number of nitrogens with zero attached hydrogens (tertiary/aromatic N) is 2. The molecule has 1 fully saturated rings. The van der Waals surface area contributed by atoms with E-state index in [2.05, 4.69) is 12.0 Å². The average Bonchev–Trinajstić information content (AvgIpc) is 2.64. The summed E-state index contributed by atoms with van der Waals surface area (Å²) >= 11 is 0. The zero-order valence-electron chi connectivity index (χ0n) is 10.5. The third-order valence-electron chi connectivity index (χ3n) is 3.70. The summed E-state index contributed by atoms with van der Waals surface area (Å²) in [5.41, 5.74) is 5.36. The molecule has 1 aromatic heterocycles. The van der Waals surface area contributed by atoms with Gasteiger partial charge >= 0.3 is 6.18 Å². The van der Waals surface area contributed by atoms with Gasteiger partial charge in [-0.3, -0.25) is 4.68 Å². The molecule has 1 heterocycles. The first-order chi connectivity index (χ1) is 8.29. The van der Waals surface area contributed by atoms with E-state index in [0.717, 1.165) is 25.2 Å². The number of aromatic nitrogens is 2. The molecule has 6 heteroatoms. The molecule has 18 heavy (non-hydrogen) atoms. The van der Waals surface area contributed by atoms with E-state index >= 15 is 0 Å². The molecule has 1 aromatic rings. The van der Waals surface area contributed by atoms with Crippen LogP contribution in [0.3, 0.4) is 0 Å². The molecule has 4 atom stereocenters. The fourth-order valence-electron chi connectivity index (χ4n) is 3.00. The van der Waals surface area contributed by atoms with Crippen molar-refractivity contribution in [1.82, 2.24) is 9.78 Å². The van der Waals surface area contributed by atoms with Gasteiger partial charge in [0.15, 0.2) is 0 Å². The number of nitrogens with two attached hydrogens (primary N) is 1. The van der Waals surface area contributed by atoms with Gasteiger partial charge in [0.2, 0.25) is 0 Å². The Morgan fingerprint density at radius 2 is 2.00 bits per heavy atom. The number of hydrogen-bond donors (Lipinski definition) is 1. The van der Waals surface area contributed by atoms with E-state index in [-0.39, 0.29) is 18.0 Å². The van der Waals surface area contributed by atoms with Crippen LogP contribution in [0.2, 0.25) is 0 Å². The molecule has 0 aliphatic heterocycles. The first-order valence-corrected chi connectivity index (χ1v) is 6.16. The molecule has 2 rings (SSSR count). The second kappa shape index (κ2) is 4.57. The molecule has 0 saturated heterocycles. The van der Waals surface area contributed by atoms with Gasteiger partial charge < -0.3 is 5.73 Å². The Kier molecular flexibility index (Phi) is 3.40. The minimum absolute atomic E-state index is 0.135. The average molecular weight is 261 g/mol. The Balaban J connectivity index is 2.23. The molecule has 0 aromatic carbocycles. The second-order valence-electron chi connectivity index (χ2n) is 5.42. The topological polar surface area (TPSA) is 43.8 Å². The second-order valence-corrected chi connectivity index (χ2v) is 5.42. The summed E-state index contributed by atoms with van der Waals surface area (Å²) in [5.74, 6) is 0.758. The van der Waals surface area contributed by atoms with E-state index in [1.807, 2.05) is 6.92 Å². The third kappa shape index (κ3) is 2.53. The summed E-state index contributed by atoms with van der Waals surface area (Å²) in [4.78, 5) is 0. The lowest BCUT2D eigenvalue weighted by Gasteiger charge is -2.37. The van der Waals surface area contributed by atoms with Crippen molar-refractivity contribution in [2.24, 2.45) is 17.6 Å². The number of hydrogen-bond acceptors (Lipinski definition) is 2. The molecule has 0 radical (unpaired) electrons. The van der Waals surface area contributed by atoms with Gasteiger partial charge in [-0.25, -0.2) is 0 Å². The number of halogens is 3. The van der Waals surface area contributed by atoms with E-state index < -0.39 is 11.7 Å².